The number of sulfonamides is 1. The molecule has 1 heterocycles. The lowest BCUT2D eigenvalue weighted by atomic mass is 10.2. The summed E-state index contributed by atoms with van der Waals surface area (Å²) >= 11 is 1.48. The van der Waals surface area contributed by atoms with Crippen LogP contribution in [0.2, 0.25) is 0 Å². The predicted molar refractivity (Wildman–Crippen MR) is 104 cm³/mol. The van der Waals surface area contributed by atoms with Crippen molar-refractivity contribution in [1.82, 2.24) is 9.71 Å². The minimum Gasteiger partial charge on any atom is -0.497 e. The Bertz CT molecular complexity index is 1010. The molecule has 3 rings (SSSR count). The average Bonchev–Trinajstić information content (AvgIpc) is 3.03. The molecule has 3 aromatic rings. The summed E-state index contributed by atoms with van der Waals surface area (Å²) < 4.78 is 45.4. The van der Waals surface area contributed by atoms with Gasteiger partial charge in [0.05, 0.1) is 17.7 Å². The van der Waals surface area contributed by atoms with E-state index in [1.807, 2.05) is 6.92 Å². The van der Waals surface area contributed by atoms with Crippen LogP contribution in [0.1, 0.15) is 10.6 Å². The largest absolute Gasteiger partial charge is 0.497 e. The van der Waals surface area contributed by atoms with Crippen molar-refractivity contribution in [3.05, 3.63) is 64.9 Å². The summed E-state index contributed by atoms with van der Waals surface area (Å²) in [7, 11) is -2.05. The topological polar surface area (TPSA) is 68.3 Å². The number of aryl methyl sites for hydroxylation is 1. The van der Waals surface area contributed by atoms with Crippen molar-refractivity contribution in [1.29, 1.82) is 0 Å². The van der Waals surface area contributed by atoms with Gasteiger partial charge in [-0.1, -0.05) is 0 Å². The summed E-state index contributed by atoms with van der Waals surface area (Å²) in [6, 6.07) is 12.4. The Morgan fingerprint density at radius 3 is 2.41 bits per heavy atom. The van der Waals surface area contributed by atoms with Gasteiger partial charge in [-0.15, -0.1) is 11.3 Å². The molecule has 0 radical (unpaired) electrons. The lowest BCUT2D eigenvalue weighted by Gasteiger charge is -2.07. The molecular weight excluding hydrogens is 387 g/mol. The van der Waals surface area contributed by atoms with E-state index < -0.39 is 10.0 Å². The molecule has 0 fully saturated rings. The van der Waals surface area contributed by atoms with E-state index in [2.05, 4.69) is 9.71 Å². The molecule has 0 unspecified atom stereocenters. The van der Waals surface area contributed by atoms with Crippen LogP contribution in [0.3, 0.4) is 0 Å². The van der Waals surface area contributed by atoms with Gasteiger partial charge in [-0.25, -0.2) is 22.5 Å². The second kappa shape index (κ2) is 8.16. The molecule has 0 aliphatic heterocycles. The number of benzene rings is 2. The number of aromatic nitrogens is 1. The van der Waals surface area contributed by atoms with Crippen molar-refractivity contribution < 1.29 is 17.5 Å². The fraction of sp³-hybridized carbons (Fsp3) is 0.211. The van der Waals surface area contributed by atoms with Crippen LogP contribution in [0.5, 0.6) is 5.75 Å². The van der Waals surface area contributed by atoms with E-state index in [-0.39, 0.29) is 17.3 Å². The van der Waals surface area contributed by atoms with E-state index in [0.717, 1.165) is 21.1 Å². The zero-order chi connectivity index (χ0) is 19.4. The summed E-state index contributed by atoms with van der Waals surface area (Å²) in [6.45, 7) is 2.15. The Morgan fingerprint density at radius 1 is 1.11 bits per heavy atom. The standard InChI is InChI=1S/C19H19FN2O3S2/c1-13-18(26-19(22-13)14-3-5-15(20)6-4-14)11-12-21-27(23,24)17-9-7-16(25-2)8-10-17/h3-10,21H,11-12H2,1-2H3. The first kappa shape index (κ1) is 19.5. The Morgan fingerprint density at radius 2 is 1.78 bits per heavy atom. The van der Waals surface area contributed by atoms with Gasteiger partial charge in [0, 0.05) is 17.0 Å². The lowest BCUT2D eigenvalue weighted by Crippen LogP contribution is -2.25. The molecule has 5 nitrogen and oxygen atoms in total. The molecule has 142 valence electrons. The molecule has 0 spiro atoms. The molecule has 0 aliphatic carbocycles. The van der Waals surface area contributed by atoms with Crippen LogP contribution < -0.4 is 9.46 Å². The Kier molecular flexibility index (Phi) is 5.88. The summed E-state index contributed by atoms with van der Waals surface area (Å²) in [5.74, 6) is 0.308. The van der Waals surface area contributed by atoms with Crippen LogP contribution in [-0.4, -0.2) is 27.1 Å². The van der Waals surface area contributed by atoms with Crippen molar-refractivity contribution in [2.24, 2.45) is 0 Å². The van der Waals surface area contributed by atoms with Crippen molar-refractivity contribution in [3.63, 3.8) is 0 Å². The Balaban J connectivity index is 1.65. The molecule has 0 bridgehead atoms. The second-order valence-corrected chi connectivity index (χ2v) is 8.71. The third-order valence-corrected chi connectivity index (χ3v) is 6.74. The molecule has 0 aliphatic rings. The van der Waals surface area contributed by atoms with E-state index >= 15 is 0 Å². The maximum atomic E-state index is 13.1. The molecule has 0 saturated carbocycles. The van der Waals surface area contributed by atoms with Crippen LogP contribution in [0.4, 0.5) is 4.39 Å². The van der Waals surface area contributed by atoms with Gasteiger partial charge in [0.25, 0.3) is 0 Å². The summed E-state index contributed by atoms with van der Waals surface area (Å²) in [5.41, 5.74) is 1.69. The van der Waals surface area contributed by atoms with Crippen LogP contribution in [0.15, 0.2) is 53.4 Å². The quantitative estimate of drug-likeness (QED) is 0.648. The zero-order valence-corrected chi connectivity index (χ0v) is 16.5. The zero-order valence-electron chi connectivity index (χ0n) is 14.9. The number of nitrogens with zero attached hydrogens (tertiary/aromatic N) is 1. The molecule has 27 heavy (non-hydrogen) atoms. The SMILES string of the molecule is COc1ccc(S(=O)(=O)NCCc2sc(-c3ccc(F)cc3)nc2C)cc1. The smallest absolute Gasteiger partial charge is 0.240 e. The average molecular weight is 407 g/mol. The third kappa shape index (κ3) is 4.71. The number of hydrogen-bond acceptors (Lipinski definition) is 5. The van der Waals surface area contributed by atoms with Crippen LogP contribution in [-0.2, 0) is 16.4 Å². The number of hydrogen-bond donors (Lipinski definition) is 1. The fourth-order valence-electron chi connectivity index (χ4n) is 2.51. The van der Waals surface area contributed by atoms with Gasteiger partial charge < -0.3 is 4.74 Å². The lowest BCUT2D eigenvalue weighted by molar-refractivity contribution is 0.414. The highest BCUT2D eigenvalue weighted by molar-refractivity contribution is 7.89. The molecular formula is C19H19FN2O3S2. The normalized spacial score (nSPS) is 11.5. The molecule has 0 amide bonds. The molecule has 1 aromatic heterocycles. The molecule has 0 atom stereocenters. The van der Waals surface area contributed by atoms with Gasteiger partial charge in [-0.3, -0.25) is 0 Å². The maximum absolute atomic E-state index is 13.1. The molecule has 0 saturated heterocycles. The highest BCUT2D eigenvalue weighted by atomic mass is 32.2. The highest BCUT2D eigenvalue weighted by Gasteiger charge is 2.15. The number of nitrogens with one attached hydrogen (secondary N) is 1. The predicted octanol–water partition coefficient (Wildman–Crippen LogP) is 3.79. The van der Waals surface area contributed by atoms with Gasteiger partial charge in [0.2, 0.25) is 10.0 Å². The van der Waals surface area contributed by atoms with E-state index in [0.29, 0.717) is 12.2 Å². The molecule has 1 N–H and O–H groups in total. The Labute approximate surface area is 161 Å². The van der Waals surface area contributed by atoms with Gasteiger partial charge >= 0.3 is 0 Å². The first-order valence-electron chi connectivity index (χ1n) is 8.25. The number of thiazole rings is 1. The highest BCUT2D eigenvalue weighted by Crippen LogP contribution is 2.28. The first-order chi connectivity index (χ1) is 12.9. The van der Waals surface area contributed by atoms with Crippen molar-refractivity contribution in [2.45, 2.75) is 18.2 Å². The van der Waals surface area contributed by atoms with Crippen molar-refractivity contribution >= 4 is 21.4 Å². The minimum atomic E-state index is -3.58. The molecule has 8 heteroatoms. The number of rotatable bonds is 7. The summed E-state index contributed by atoms with van der Waals surface area (Å²) in [6.07, 6.45) is 0.528. The van der Waals surface area contributed by atoms with Gasteiger partial charge in [-0.05, 0) is 61.9 Å². The second-order valence-electron chi connectivity index (χ2n) is 5.86. The van der Waals surface area contributed by atoms with Crippen LogP contribution >= 0.6 is 11.3 Å². The van der Waals surface area contributed by atoms with E-state index in [4.69, 9.17) is 4.74 Å². The summed E-state index contributed by atoms with van der Waals surface area (Å²) in [5, 5.41) is 0.792. The van der Waals surface area contributed by atoms with E-state index in [1.54, 1.807) is 24.3 Å². The summed E-state index contributed by atoms with van der Waals surface area (Å²) in [4.78, 5) is 5.69. The number of methoxy groups -OCH3 is 1. The minimum absolute atomic E-state index is 0.191. The van der Waals surface area contributed by atoms with Crippen LogP contribution in [0.25, 0.3) is 10.6 Å². The first-order valence-corrected chi connectivity index (χ1v) is 10.5. The Hall–Kier alpha value is -2.29. The number of ether oxygens (including phenoxy) is 1. The maximum Gasteiger partial charge on any atom is 0.240 e. The van der Waals surface area contributed by atoms with E-state index in [1.165, 1.54) is 42.7 Å². The fourth-order valence-corrected chi connectivity index (χ4v) is 4.61. The molecule has 2 aromatic carbocycles. The van der Waals surface area contributed by atoms with Crippen LogP contribution in [0, 0.1) is 12.7 Å². The third-order valence-electron chi connectivity index (χ3n) is 4.00. The number of halogens is 1. The van der Waals surface area contributed by atoms with E-state index in [9.17, 15) is 12.8 Å². The van der Waals surface area contributed by atoms with Gasteiger partial charge in [0.15, 0.2) is 0 Å². The van der Waals surface area contributed by atoms with Crippen molar-refractivity contribution in [3.8, 4) is 16.3 Å². The van der Waals surface area contributed by atoms with Gasteiger partial charge in [-0.2, -0.15) is 0 Å². The monoisotopic (exact) mass is 406 g/mol. The van der Waals surface area contributed by atoms with Gasteiger partial charge in [0.1, 0.15) is 16.6 Å². The van der Waals surface area contributed by atoms with Crippen molar-refractivity contribution in [2.75, 3.05) is 13.7 Å².